The number of thioether (sulfide) groups is 1. The topological polar surface area (TPSA) is 78.5 Å². The fraction of sp³-hybridized carbons (Fsp3) is 0.250. The molecule has 0 spiro atoms. The molecule has 0 radical (unpaired) electrons. The zero-order valence-electron chi connectivity index (χ0n) is 16.1. The van der Waals surface area contributed by atoms with E-state index < -0.39 is 0 Å². The second-order valence-corrected chi connectivity index (χ2v) is 8.44. The second kappa shape index (κ2) is 8.79. The predicted molar refractivity (Wildman–Crippen MR) is 115 cm³/mol. The molecular formula is C20H20N6OS2. The highest BCUT2D eigenvalue weighted by Gasteiger charge is 2.17. The largest absolute Gasteiger partial charge is 0.329 e. The summed E-state index contributed by atoms with van der Waals surface area (Å²) in [6.45, 7) is 2.55. The summed E-state index contributed by atoms with van der Waals surface area (Å²) in [7, 11) is 1.93. The van der Waals surface area contributed by atoms with Crippen LogP contribution in [0.1, 0.15) is 18.9 Å². The highest BCUT2D eigenvalue weighted by atomic mass is 32.2. The normalized spacial score (nSPS) is 11.2. The van der Waals surface area contributed by atoms with E-state index in [0.29, 0.717) is 27.9 Å². The number of benzene rings is 1. The molecule has 9 heteroatoms. The van der Waals surface area contributed by atoms with Gasteiger partial charge in [-0.1, -0.05) is 49.0 Å². The van der Waals surface area contributed by atoms with Crippen LogP contribution >= 0.6 is 23.5 Å². The summed E-state index contributed by atoms with van der Waals surface area (Å²) in [5, 5.41) is 2.15. The minimum absolute atomic E-state index is 0.181. The van der Waals surface area contributed by atoms with Crippen LogP contribution in [0.5, 0.6) is 0 Å². The number of aryl methyl sites for hydroxylation is 1. The predicted octanol–water partition coefficient (Wildman–Crippen LogP) is 3.62. The van der Waals surface area contributed by atoms with Crippen molar-refractivity contribution < 1.29 is 0 Å². The zero-order chi connectivity index (χ0) is 20.2. The summed E-state index contributed by atoms with van der Waals surface area (Å²) in [6, 6.07) is 9.87. The average molecular weight is 425 g/mol. The van der Waals surface area contributed by atoms with Crippen molar-refractivity contribution in [2.24, 2.45) is 7.05 Å². The monoisotopic (exact) mass is 424 g/mol. The Morgan fingerprint density at radius 1 is 1.10 bits per heavy atom. The standard InChI is InChI=1S/C20H20N6OS2/c1-3-11-28-19-23-17-16(18(24-19)29-20-21-9-10-25(20)2)22-12-15(27)26(17)13-14-7-5-4-6-8-14/h4-10,12H,3,11,13H2,1-2H3. The summed E-state index contributed by atoms with van der Waals surface area (Å²) < 4.78 is 3.59. The van der Waals surface area contributed by atoms with E-state index >= 15 is 0 Å². The zero-order valence-corrected chi connectivity index (χ0v) is 17.8. The summed E-state index contributed by atoms with van der Waals surface area (Å²) in [4.78, 5) is 30.8. The van der Waals surface area contributed by atoms with Crippen LogP contribution in [-0.2, 0) is 13.6 Å². The van der Waals surface area contributed by atoms with E-state index in [1.54, 1.807) is 22.5 Å². The Kier molecular flexibility index (Phi) is 5.96. The molecule has 148 valence electrons. The first-order valence-electron chi connectivity index (χ1n) is 9.25. The van der Waals surface area contributed by atoms with Gasteiger partial charge in [-0.2, -0.15) is 0 Å². The van der Waals surface area contributed by atoms with Crippen molar-refractivity contribution in [2.75, 3.05) is 5.75 Å². The molecule has 0 fully saturated rings. The Morgan fingerprint density at radius 2 is 1.93 bits per heavy atom. The molecule has 0 bridgehead atoms. The van der Waals surface area contributed by atoms with Crippen LogP contribution in [0.25, 0.3) is 11.2 Å². The maximum absolute atomic E-state index is 12.7. The van der Waals surface area contributed by atoms with Gasteiger partial charge in [0.15, 0.2) is 16.0 Å². The Bertz CT molecular complexity index is 1190. The van der Waals surface area contributed by atoms with E-state index in [9.17, 15) is 4.79 Å². The molecule has 4 rings (SSSR count). The SMILES string of the molecule is CCCSc1nc(Sc2nccn2C)c2ncc(=O)n(Cc3ccccc3)c2n1. The van der Waals surface area contributed by atoms with Gasteiger partial charge in [-0.25, -0.2) is 19.9 Å². The Hall–Kier alpha value is -2.65. The van der Waals surface area contributed by atoms with Crippen LogP contribution in [-0.4, -0.2) is 34.8 Å². The van der Waals surface area contributed by atoms with E-state index in [2.05, 4.69) is 16.9 Å². The highest BCUT2D eigenvalue weighted by molar-refractivity contribution is 7.99. The Balaban J connectivity index is 1.86. The lowest BCUT2D eigenvalue weighted by atomic mass is 10.2. The molecule has 1 aromatic carbocycles. The molecule has 0 atom stereocenters. The van der Waals surface area contributed by atoms with Crippen molar-refractivity contribution in [2.45, 2.75) is 35.2 Å². The number of imidazole rings is 1. The quantitative estimate of drug-likeness (QED) is 0.255. The average Bonchev–Trinajstić information content (AvgIpc) is 3.14. The molecule has 0 aliphatic carbocycles. The van der Waals surface area contributed by atoms with Gasteiger partial charge in [0.1, 0.15) is 10.5 Å². The molecule has 7 nitrogen and oxygen atoms in total. The molecule has 0 saturated heterocycles. The van der Waals surface area contributed by atoms with Gasteiger partial charge >= 0.3 is 0 Å². The maximum atomic E-state index is 12.7. The van der Waals surface area contributed by atoms with Crippen molar-refractivity contribution in [3.63, 3.8) is 0 Å². The van der Waals surface area contributed by atoms with Gasteiger partial charge in [-0.3, -0.25) is 9.36 Å². The van der Waals surface area contributed by atoms with E-state index in [0.717, 1.165) is 22.9 Å². The molecule has 4 aromatic rings. The van der Waals surface area contributed by atoms with Gasteiger partial charge in [0, 0.05) is 25.2 Å². The first-order chi connectivity index (χ1) is 14.2. The molecule has 0 aliphatic heterocycles. The third-order valence-corrected chi connectivity index (χ3v) is 6.33. The Labute approximate surface area is 176 Å². The fourth-order valence-corrected chi connectivity index (χ4v) is 4.40. The van der Waals surface area contributed by atoms with Crippen LogP contribution < -0.4 is 5.56 Å². The third kappa shape index (κ3) is 4.35. The van der Waals surface area contributed by atoms with Crippen molar-refractivity contribution >= 4 is 34.7 Å². The van der Waals surface area contributed by atoms with Crippen LogP contribution in [0.2, 0.25) is 0 Å². The number of rotatable bonds is 7. The molecule has 0 unspecified atom stereocenters. The number of hydrogen-bond donors (Lipinski definition) is 0. The fourth-order valence-electron chi connectivity index (χ4n) is 2.78. The number of hydrogen-bond acceptors (Lipinski definition) is 7. The van der Waals surface area contributed by atoms with Crippen molar-refractivity contribution in [3.05, 3.63) is 64.8 Å². The van der Waals surface area contributed by atoms with Crippen molar-refractivity contribution in [1.29, 1.82) is 0 Å². The minimum atomic E-state index is -0.181. The number of fused-ring (bicyclic) bond motifs is 1. The van der Waals surface area contributed by atoms with Crippen LogP contribution in [0.3, 0.4) is 0 Å². The Morgan fingerprint density at radius 3 is 2.66 bits per heavy atom. The van der Waals surface area contributed by atoms with Gasteiger partial charge < -0.3 is 4.57 Å². The summed E-state index contributed by atoms with van der Waals surface area (Å²) >= 11 is 3.01. The van der Waals surface area contributed by atoms with Gasteiger partial charge in [-0.05, 0) is 23.7 Å². The number of aromatic nitrogens is 6. The second-order valence-electron chi connectivity index (χ2n) is 6.42. The van der Waals surface area contributed by atoms with Crippen molar-refractivity contribution in [3.8, 4) is 0 Å². The molecule has 0 N–H and O–H groups in total. The van der Waals surface area contributed by atoms with Gasteiger partial charge in [0.05, 0.1) is 12.7 Å². The molecule has 3 heterocycles. The molecular weight excluding hydrogens is 404 g/mol. The molecule has 29 heavy (non-hydrogen) atoms. The summed E-state index contributed by atoms with van der Waals surface area (Å²) in [6.07, 6.45) is 5.99. The number of nitrogens with zero attached hydrogens (tertiary/aromatic N) is 6. The third-order valence-electron chi connectivity index (χ3n) is 4.22. The van der Waals surface area contributed by atoms with E-state index in [4.69, 9.17) is 9.97 Å². The lowest BCUT2D eigenvalue weighted by Crippen LogP contribution is -2.22. The lowest BCUT2D eigenvalue weighted by molar-refractivity contribution is 0.752. The highest BCUT2D eigenvalue weighted by Crippen LogP contribution is 2.31. The van der Waals surface area contributed by atoms with Gasteiger partial charge in [-0.15, -0.1) is 0 Å². The van der Waals surface area contributed by atoms with E-state index in [1.165, 1.54) is 18.0 Å². The van der Waals surface area contributed by atoms with Crippen LogP contribution in [0.15, 0.2) is 69.1 Å². The van der Waals surface area contributed by atoms with E-state index in [-0.39, 0.29) is 5.56 Å². The summed E-state index contributed by atoms with van der Waals surface area (Å²) in [5.41, 5.74) is 2.00. The first-order valence-corrected chi connectivity index (χ1v) is 11.1. The summed E-state index contributed by atoms with van der Waals surface area (Å²) in [5.74, 6) is 0.904. The lowest BCUT2D eigenvalue weighted by Gasteiger charge is -2.12. The van der Waals surface area contributed by atoms with Crippen LogP contribution in [0.4, 0.5) is 0 Å². The first kappa shape index (κ1) is 19.7. The van der Waals surface area contributed by atoms with E-state index in [1.807, 2.05) is 48.1 Å². The van der Waals surface area contributed by atoms with Gasteiger partial charge in [0.25, 0.3) is 5.56 Å². The smallest absolute Gasteiger partial charge is 0.270 e. The molecule has 0 amide bonds. The van der Waals surface area contributed by atoms with Crippen LogP contribution in [0, 0.1) is 0 Å². The van der Waals surface area contributed by atoms with Gasteiger partial charge in [0.2, 0.25) is 0 Å². The minimum Gasteiger partial charge on any atom is -0.329 e. The maximum Gasteiger partial charge on any atom is 0.270 e. The molecule has 0 saturated carbocycles. The molecule has 0 aliphatic rings. The van der Waals surface area contributed by atoms with Crippen molar-refractivity contribution in [1.82, 2.24) is 29.1 Å². The molecule has 3 aromatic heterocycles.